The van der Waals surface area contributed by atoms with E-state index in [2.05, 4.69) is 30.3 Å². The molecule has 4 fully saturated rings. The number of fused-ring (bicyclic) bond motifs is 9. The second kappa shape index (κ2) is 5.25. The Hall–Kier alpha value is -1.09. The van der Waals surface area contributed by atoms with Crippen LogP contribution in [0.1, 0.15) is 58.3 Å². The van der Waals surface area contributed by atoms with Gasteiger partial charge in [0.25, 0.3) is 0 Å². The van der Waals surface area contributed by atoms with Gasteiger partial charge in [0.2, 0.25) is 0 Å². The Balaban J connectivity index is 1.38. The zero-order valence-corrected chi connectivity index (χ0v) is 15.9. The molecule has 3 heteroatoms. The van der Waals surface area contributed by atoms with Gasteiger partial charge in [-0.25, -0.2) is 0 Å². The average Bonchev–Trinajstić information content (AvgIpc) is 3.26. The third kappa shape index (κ3) is 1.72. The first-order valence-corrected chi connectivity index (χ1v) is 11.0. The molecule has 26 heavy (non-hydrogen) atoms. The second-order valence-electron chi connectivity index (χ2n) is 9.91. The van der Waals surface area contributed by atoms with Crippen LogP contribution < -0.4 is 0 Å². The molecule has 1 spiro atoms. The van der Waals surface area contributed by atoms with Gasteiger partial charge in [0.15, 0.2) is 0 Å². The van der Waals surface area contributed by atoms with Crippen LogP contribution in [0.4, 0.5) is 0 Å². The van der Waals surface area contributed by atoms with Crippen LogP contribution in [-0.4, -0.2) is 23.1 Å². The van der Waals surface area contributed by atoms with E-state index >= 15 is 0 Å². The first kappa shape index (κ1) is 15.9. The van der Waals surface area contributed by atoms with Crippen molar-refractivity contribution in [1.82, 2.24) is 0 Å². The van der Waals surface area contributed by atoms with Crippen molar-refractivity contribution in [1.29, 1.82) is 0 Å². The van der Waals surface area contributed by atoms with E-state index in [9.17, 15) is 5.21 Å². The molecular weight excluding hydrogens is 322 g/mol. The van der Waals surface area contributed by atoms with Crippen LogP contribution in [0.3, 0.4) is 0 Å². The van der Waals surface area contributed by atoms with Crippen molar-refractivity contribution in [3.8, 4) is 0 Å². The van der Waals surface area contributed by atoms with Crippen molar-refractivity contribution >= 4 is 5.71 Å². The van der Waals surface area contributed by atoms with Crippen LogP contribution in [0.25, 0.3) is 0 Å². The molecule has 1 N–H and O–H groups in total. The van der Waals surface area contributed by atoms with E-state index in [-0.39, 0.29) is 5.60 Å². The Morgan fingerprint density at radius 1 is 1.19 bits per heavy atom. The summed E-state index contributed by atoms with van der Waals surface area (Å²) in [6, 6.07) is 0. The van der Waals surface area contributed by atoms with Crippen molar-refractivity contribution in [2.45, 2.75) is 63.9 Å². The minimum absolute atomic E-state index is 0.0848. The summed E-state index contributed by atoms with van der Waals surface area (Å²) in [6.07, 6.45) is 17.2. The van der Waals surface area contributed by atoms with Gasteiger partial charge in [-0.1, -0.05) is 29.8 Å². The fraction of sp³-hybridized carbons (Fsp3) is 0.783. The van der Waals surface area contributed by atoms with Crippen LogP contribution in [0, 0.1) is 40.9 Å². The average molecular weight is 354 g/mol. The van der Waals surface area contributed by atoms with Gasteiger partial charge in [-0.15, -0.1) is 0 Å². The van der Waals surface area contributed by atoms with Crippen LogP contribution >= 0.6 is 0 Å². The summed E-state index contributed by atoms with van der Waals surface area (Å²) in [7, 11) is 0. The van der Waals surface area contributed by atoms with Crippen molar-refractivity contribution < 1.29 is 9.94 Å². The van der Waals surface area contributed by atoms with Gasteiger partial charge in [-0.05, 0) is 93.0 Å². The number of nitrogens with zero attached hydrogens (tertiary/aromatic N) is 1. The Morgan fingerprint density at radius 3 is 2.88 bits per heavy atom. The van der Waals surface area contributed by atoms with Crippen molar-refractivity contribution in [3.63, 3.8) is 0 Å². The van der Waals surface area contributed by atoms with Gasteiger partial charge >= 0.3 is 0 Å². The van der Waals surface area contributed by atoms with Gasteiger partial charge < -0.3 is 9.94 Å². The lowest BCUT2D eigenvalue weighted by atomic mass is 9.48. The zero-order chi connectivity index (χ0) is 17.5. The van der Waals surface area contributed by atoms with E-state index in [0.717, 1.165) is 54.2 Å². The van der Waals surface area contributed by atoms with E-state index in [4.69, 9.17) is 4.74 Å². The van der Waals surface area contributed by atoms with Crippen LogP contribution in [0.15, 0.2) is 29.0 Å². The Bertz CT molecular complexity index is 724. The molecule has 1 aliphatic heterocycles. The number of ether oxygens (including phenoxy) is 1. The highest BCUT2D eigenvalue weighted by Gasteiger charge is 2.77. The maximum absolute atomic E-state index is 9.18. The fourth-order valence-corrected chi connectivity index (χ4v) is 8.76. The predicted molar refractivity (Wildman–Crippen MR) is 101 cm³/mol. The fourth-order valence-electron chi connectivity index (χ4n) is 8.76. The Kier molecular flexibility index (Phi) is 3.21. The third-order valence-electron chi connectivity index (χ3n) is 9.57. The maximum atomic E-state index is 9.18. The molecule has 1 heterocycles. The molecule has 0 aromatic heterocycles. The van der Waals surface area contributed by atoms with E-state index in [0.29, 0.717) is 5.41 Å². The largest absolute Gasteiger partial charge is 0.411 e. The highest BCUT2D eigenvalue weighted by molar-refractivity contribution is 5.96. The molecule has 5 unspecified atom stereocenters. The topological polar surface area (TPSA) is 41.8 Å². The van der Waals surface area contributed by atoms with Crippen molar-refractivity contribution in [3.05, 3.63) is 23.8 Å². The summed E-state index contributed by atoms with van der Waals surface area (Å²) in [5.74, 6) is 5.12. The molecule has 6 aliphatic rings. The molecular formula is C23H31NO2. The molecule has 0 saturated heterocycles. The Morgan fingerprint density at radius 2 is 2.12 bits per heavy atom. The molecule has 0 radical (unpaired) electrons. The molecule has 6 rings (SSSR count). The monoisotopic (exact) mass is 353 g/mol. The molecule has 5 aliphatic carbocycles. The lowest BCUT2D eigenvalue weighted by molar-refractivity contribution is -0.142. The predicted octanol–water partition coefficient (Wildman–Crippen LogP) is 4.96. The highest BCUT2D eigenvalue weighted by atomic mass is 16.5. The summed E-state index contributed by atoms with van der Waals surface area (Å²) in [5, 5.41) is 12.7. The first-order valence-electron chi connectivity index (χ1n) is 11.0. The lowest BCUT2D eigenvalue weighted by Crippen LogP contribution is -2.56. The Labute approximate surface area is 156 Å². The van der Waals surface area contributed by atoms with Crippen molar-refractivity contribution in [2.75, 3.05) is 6.61 Å². The summed E-state index contributed by atoms with van der Waals surface area (Å²) < 4.78 is 6.57. The van der Waals surface area contributed by atoms with Gasteiger partial charge in [0.1, 0.15) is 0 Å². The minimum atomic E-state index is 0.0848. The third-order valence-corrected chi connectivity index (χ3v) is 9.57. The number of hydrogen-bond donors (Lipinski definition) is 1. The molecule has 140 valence electrons. The van der Waals surface area contributed by atoms with E-state index in [1.54, 1.807) is 5.57 Å². The van der Waals surface area contributed by atoms with Gasteiger partial charge in [0, 0.05) is 5.41 Å². The van der Waals surface area contributed by atoms with E-state index in [1.807, 2.05) is 0 Å². The van der Waals surface area contributed by atoms with Gasteiger partial charge in [-0.2, -0.15) is 0 Å². The maximum Gasteiger partial charge on any atom is 0.0957 e. The molecule has 3 nitrogen and oxygen atoms in total. The summed E-state index contributed by atoms with van der Waals surface area (Å²) >= 11 is 0. The SMILES string of the molecule is CC[C@]12CCC3C(CCC4=CC(=NO)CC[C@@H]43)C1C1CC1[C@@]21C=CCO1. The molecule has 8 atom stereocenters. The highest BCUT2D eigenvalue weighted by Crippen LogP contribution is 2.78. The smallest absolute Gasteiger partial charge is 0.0957 e. The zero-order valence-electron chi connectivity index (χ0n) is 15.9. The molecule has 0 aromatic carbocycles. The quantitative estimate of drug-likeness (QED) is 0.411. The van der Waals surface area contributed by atoms with Crippen LogP contribution in [0.5, 0.6) is 0 Å². The standard InChI is InChI=1S/C23H31NO2/c1-2-22-10-8-17-16-7-5-15(24-25)12-14(16)4-6-18(17)21(22)19-13-20(19)23(22)9-3-11-26-23/h3,9,12,16-21,25H,2,4-8,10-11,13H2,1H3/t16-,17?,18?,19?,20?,21?,22-,23-/m0/s1. The van der Waals surface area contributed by atoms with Crippen LogP contribution in [0.2, 0.25) is 0 Å². The number of allylic oxidation sites excluding steroid dienone is 2. The number of rotatable bonds is 1. The number of hydrogen-bond acceptors (Lipinski definition) is 3. The van der Waals surface area contributed by atoms with Crippen molar-refractivity contribution in [2.24, 2.45) is 46.1 Å². The molecule has 0 bridgehead atoms. The minimum Gasteiger partial charge on any atom is -0.411 e. The second-order valence-corrected chi connectivity index (χ2v) is 9.91. The summed E-state index contributed by atoms with van der Waals surface area (Å²) in [5.41, 5.74) is 2.98. The van der Waals surface area contributed by atoms with E-state index < -0.39 is 0 Å². The summed E-state index contributed by atoms with van der Waals surface area (Å²) in [6.45, 7) is 3.28. The molecule has 0 amide bonds. The van der Waals surface area contributed by atoms with Gasteiger partial charge in [0.05, 0.1) is 17.9 Å². The summed E-state index contributed by atoms with van der Waals surface area (Å²) in [4.78, 5) is 0. The van der Waals surface area contributed by atoms with Crippen LogP contribution in [-0.2, 0) is 4.74 Å². The molecule has 0 aromatic rings. The number of oxime groups is 1. The normalized spacial score (nSPS) is 55.3. The first-order chi connectivity index (χ1) is 12.7. The van der Waals surface area contributed by atoms with E-state index in [1.165, 1.54) is 44.9 Å². The van der Waals surface area contributed by atoms with Gasteiger partial charge in [-0.3, -0.25) is 0 Å². The molecule has 4 saturated carbocycles. The lowest BCUT2D eigenvalue weighted by Gasteiger charge is -2.58.